The van der Waals surface area contributed by atoms with Crippen LogP contribution < -0.4 is 10.1 Å². The monoisotopic (exact) mass is 431 g/mol. The maximum absolute atomic E-state index is 14.5. The summed E-state index contributed by atoms with van der Waals surface area (Å²) >= 11 is 6.31. The number of halogens is 2. The lowest BCUT2D eigenvalue weighted by Crippen LogP contribution is -2.30. The Kier molecular flexibility index (Phi) is 7.39. The van der Waals surface area contributed by atoms with Gasteiger partial charge in [-0.25, -0.2) is 4.39 Å². The summed E-state index contributed by atoms with van der Waals surface area (Å²) in [6.45, 7) is 6.55. The molecule has 0 spiro atoms. The van der Waals surface area contributed by atoms with Crippen LogP contribution in [0.3, 0.4) is 0 Å². The van der Waals surface area contributed by atoms with E-state index in [0.717, 1.165) is 24.1 Å². The van der Waals surface area contributed by atoms with Crippen LogP contribution in [0.5, 0.6) is 5.75 Å². The fraction of sp³-hybridized carbons (Fsp3) is 0.409. The van der Waals surface area contributed by atoms with Gasteiger partial charge in [-0.15, -0.1) is 5.10 Å². The van der Waals surface area contributed by atoms with Gasteiger partial charge in [0.2, 0.25) is 0 Å². The molecule has 160 valence electrons. The van der Waals surface area contributed by atoms with Crippen molar-refractivity contribution in [3.8, 4) is 11.4 Å². The van der Waals surface area contributed by atoms with Gasteiger partial charge in [-0.05, 0) is 47.0 Å². The number of ether oxygens (including phenoxy) is 1. The van der Waals surface area contributed by atoms with Crippen LogP contribution in [0.2, 0.25) is 5.02 Å². The molecule has 0 aliphatic rings. The molecular formula is C22H27ClFN5O. The van der Waals surface area contributed by atoms with Crippen molar-refractivity contribution >= 4 is 11.6 Å². The first-order valence-corrected chi connectivity index (χ1v) is 10.5. The number of hydrogen-bond acceptors (Lipinski definition) is 5. The smallest absolute Gasteiger partial charge is 0.173 e. The summed E-state index contributed by atoms with van der Waals surface area (Å²) in [6.07, 6.45) is 1.86. The van der Waals surface area contributed by atoms with E-state index in [1.165, 1.54) is 13.2 Å². The molecule has 0 bridgehead atoms. The third kappa shape index (κ3) is 4.63. The predicted octanol–water partition coefficient (Wildman–Crippen LogP) is 5.04. The lowest BCUT2D eigenvalue weighted by molar-refractivity contribution is 0.320. The fourth-order valence-corrected chi connectivity index (χ4v) is 3.80. The summed E-state index contributed by atoms with van der Waals surface area (Å²) in [5, 5.41) is 16.6. The second-order valence-electron chi connectivity index (χ2n) is 7.23. The normalized spacial score (nSPS) is 12.4. The average molecular weight is 432 g/mol. The number of tetrazole rings is 1. The molecule has 1 atom stereocenters. The van der Waals surface area contributed by atoms with Crippen LogP contribution in [0.25, 0.3) is 5.69 Å². The third-order valence-corrected chi connectivity index (χ3v) is 5.94. The molecule has 2 aromatic carbocycles. The molecule has 1 aromatic heterocycles. The number of rotatable bonds is 9. The van der Waals surface area contributed by atoms with Crippen LogP contribution >= 0.6 is 11.6 Å². The van der Waals surface area contributed by atoms with Gasteiger partial charge in [0.25, 0.3) is 0 Å². The van der Waals surface area contributed by atoms with Gasteiger partial charge in [-0.3, -0.25) is 0 Å². The fourth-order valence-electron chi connectivity index (χ4n) is 3.63. The van der Waals surface area contributed by atoms with E-state index >= 15 is 0 Å². The minimum absolute atomic E-state index is 0.158. The molecule has 8 heteroatoms. The van der Waals surface area contributed by atoms with Crippen molar-refractivity contribution in [2.75, 3.05) is 7.11 Å². The summed E-state index contributed by atoms with van der Waals surface area (Å²) in [7, 11) is 1.52. The van der Waals surface area contributed by atoms with Crippen LogP contribution in [0.4, 0.5) is 4.39 Å². The quantitative estimate of drug-likeness (QED) is 0.514. The third-order valence-electron chi connectivity index (χ3n) is 5.53. The van der Waals surface area contributed by atoms with Crippen LogP contribution in [0.1, 0.15) is 49.7 Å². The highest BCUT2D eigenvalue weighted by Gasteiger charge is 2.27. The number of benzene rings is 2. The highest BCUT2D eigenvalue weighted by Crippen LogP contribution is 2.30. The molecule has 0 amide bonds. The Hall–Kier alpha value is -2.51. The maximum Gasteiger partial charge on any atom is 0.173 e. The molecule has 0 aliphatic carbocycles. The van der Waals surface area contributed by atoms with E-state index in [4.69, 9.17) is 16.3 Å². The molecule has 0 saturated carbocycles. The lowest BCUT2D eigenvalue weighted by Gasteiger charge is -2.26. The topological polar surface area (TPSA) is 64.9 Å². The Balaban J connectivity index is 1.94. The number of nitrogens with one attached hydrogen (secondary N) is 1. The molecule has 0 aliphatic heterocycles. The van der Waals surface area contributed by atoms with E-state index in [1.807, 2.05) is 25.1 Å². The van der Waals surface area contributed by atoms with Crippen LogP contribution in [-0.2, 0) is 6.54 Å². The van der Waals surface area contributed by atoms with Gasteiger partial charge in [0.1, 0.15) is 11.6 Å². The van der Waals surface area contributed by atoms with Gasteiger partial charge in [-0.2, -0.15) is 4.68 Å². The Bertz CT molecular complexity index is 989. The highest BCUT2D eigenvalue weighted by molar-refractivity contribution is 6.31. The second-order valence-corrected chi connectivity index (χ2v) is 7.63. The summed E-state index contributed by atoms with van der Waals surface area (Å²) < 4.78 is 21.3. The molecule has 0 radical (unpaired) electrons. The SMILES string of the molecule is CCC(CC)C(NCc1ccc(OC)cc1F)c1nnnn1-c1cccc(Cl)c1C. The summed E-state index contributed by atoms with van der Waals surface area (Å²) in [4.78, 5) is 0. The van der Waals surface area contributed by atoms with E-state index in [0.29, 0.717) is 28.7 Å². The van der Waals surface area contributed by atoms with Gasteiger partial charge >= 0.3 is 0 Å². The van der Waals surface area contributed by atoms with Crippen molar-refractivity contribution in [1.29, 1.82) is 0 Å². The van der Waals surface area contributed by atoms with Crippen molar-refractivity contribution in [2.45, 2.75) is 46.2 Å². The first kappa shape index (κ1) is 22.2. The Labute approximate surface area is 181 Å². The molecule has 1 heterocycles. The van der Waals surface area contributed by atoms with Gasteiger partial charge in [-0.1, -0.05) is 50.4 Å². The van der Waals surface area contributed by atoms with Gasteiger partial charge in [0.05, 0.1) is 18.8 Å². The zero-order chi connectivity index (χ0) is 21.7. The van der Waals surface area contributed by atoms with Gasteiger partial charge in [0.15, 0.2) is 5.82 Å². The number of methoxy groups -OCH3 is 1. The molecular weight excluding hydrogens is 405 g/mol. The zero-order valence-electron chi connectivity index (χ0n) is 17.7. The Morgan fingerprint density at radius 1 is 1.20 bits per heavy atom. The molecule has 0 fully saturated rings. The van der Waals surface area contributed by atoms with Crippen molar-refractivity contribution < 1.29 is 9.13 Å². The summed E-state index contributed by atoms with van der Waals surface area (Å²) in [5.41, 5.74) is 2.29. The van der Waals surface area contributed by atoms with E-state index in [-0.39, 0.29) is 17.8 Å². The largest absolute Gasteiger partial charge is 0.497 e. The van der Waals surface area contributed by atoms with E-state index in [9.17, 15) is 4.39 Å². The average Bonchev–Trinajstić information content (AvgIpc) is 3.23. The molecule has 30 heavy (non-hydrogen) atoms. The molecule has 6 nitrogen and oxygen atoms in total. The lowest BCUT2D eigenvalue weighted by atomic mass is 9.93. The van der Waals surface area contributed by atoms with E-state index in [2.05, 4.69) is 34.7 Å². The minimum Gasteiger partial charge on any atom is -0.497 e. The first-order chi connectivity index (χ1) is 14.5. The second kappa shape index (κ2) is 10.00. The highest BCUT2D eigenvalue weighted by atomic mass is 35.5. The number of nitrogens with zero attached hydrogens (tertiary/aromatic N) is 4. The van der Waals surface area contributed by atoms with Crippen LogP contribution in [-0.4, -0.2) is 27.3 Å². The van der Waals surface area contributed by atoms with Gasteiger partial charge < -0.3 is 10.1 Å². The maximum atomic E-state index is 14.5. The molecule has 3 aromatic rings. The Morgan fingerprint density at radius 3 is 2.63 bits per heavy atom. The number of hydrogen-bond donors (Lipinski definition) is 1. The predicted molar refractivity (Wildman–Crippen MR) is 116 cm³/mol. The van der Waals surface area contributed by atoms with E-state index in [1.54, 1.807) is 16.8 Å². The van der Waals surface area contributed by atoms with Crippen molar-refractivity contribution in [1.82, 2.24) is 25.5 Å². The molecule has 3 rings (SSSR count). The molecule has 1 unspecified atom stereocenters. The first-order valence-electron chi connectivity index (χ1n) is 10.1. The van der Waals surface area contributed by atoms with E-state index < -0.39 is 0 Å². The van der Waals surface area contributed by atoms with Crippen LogP contribution in [0.15, 0.2) is 36.4 Å². The van der Waals surface area contributed by atoms with Crippen molar-refractivity contribution in [2.24, 2.45) is 5.92 Å². The molecule has 0 saturated heterocycles. The van der Waals surface area contributed by atoms with Gasteiger partial charge in [0, 0.05) is 23.2 Å². The molecule has 1 N–H and O–H groups in total. The summed E-state index contributed by atoms with van der Waals surface area (Å²) in [6, 6.07) is 10.4. The summed E-state index contributed by atoms with van der Waals surface area (Å²) in [5.74, 6) is 1.14. The van der Waals surface area contributed by atoms with Crippen LogP contribution in [0, 0.1) is 18.7 Å². The van der Waals surface area contributed by atoms with Crippen molar-refractivity contribution in [3.05, 3.63) is 64.2 Å². The van der Waals surface area contributed by atoms with Crippen molar-refractivity contribution in [3.63, 3.8) is 0 Å². The Morgan fingerprint density at radius 2 is 1.97 bits per heavy atom. The zero-order valence-corrected chi connectivity index (χ0v) is 18.4. The standard InChI is InChI=1S/C22H27ClFN5O/c1-5-15(6-2)21(25-13-16-10-11-17(30-4)12-19(16)24)22-26-27-28-29(22)20-9-7-8-18(23)14(20)3/h7-12,15,21,25H,5-6,13H2,1-4H3. The minimum atomic E-state index is -0.310. The number of aromatic nitrogens is 4.